The molecule has 150 valence electrons. The summed E-state index contributed by atoms with van der Waals surface area (Å²) in [5, 5.41) is 4.13. The SMILES string of the molecule is CCOc1ccccc1-c1noc(C2CC(=O)N(Cc3ccc(SC)cc3)C2)n1. The zero-order valence-electron chi connectivity index (χ0n) is 16.5. The lowest BCUT2D eigenvalue weighted by Crippen LogP contribution is -2.24. The van der Waals surface area contributed by atoms with Gasteiger partial charge in [0.25, 0.3) is 0 Å². The van der Waals surface area contributed by atoms with E-state index in [9.17, 15) is 4.79 Å². The Bertz CT molecular complexity index is 987. The first-order valence-electron chi connectivity index (χ1n) is 9.64. The van der Waals surface area contributed by atoms with Crippen molar-refractivity contribution in [2.45, 2.75) is 30.7 Å². The van der Waals surface area contributed by atoms with Crippen LogP contribution in [0.1, 0.15) is 30.7 Å². The van der Waals surface area contributed by atoms with Gasteiger partial charge in [0.1, 0.15) is 5.75 Å². The molecule has 2 aromatic carbocycles. The largest absolute Gasteiger partial charge is 0.493 e. The number of carbonyl (C=O) groups is 1. The molecule has 0 aliphatic carbocycles. The lowest BCUT2D eigenvalue weighted by Gasteiger charge is -2.16. The van der Waals surface area contributed by atoms with Crippen molar-refractivity contribution in [3.05, 3.63) is 60.0 Å². The molecule has 1 amide bonds. The van der Waals surface area contributed by atoms with E-state index in [0.717, 1.165) is 16.9 Å². The molecule has 29 heavy (non-hydrogen) atoms. The summed E-state index contributed by atoms with van der Waals surface area (Å²) < 4.78 is 11.2. The molecular formula is C22H23N3O3S. The van der Waals surface area contributed by atoms with Crippen LogP contribution in [0.3, 0.4) is 0 Å². The Hall–Kier alpha value is -2.80. The second-order valence-electron chi connectivity index (χ2n) is 6.91. The lowest BCUT2D eigenvalue weighted by molar-refractivity contribution is -0.128. The average Bonchev–Trinajstić information content (AvgIpc) is 3.37. The van der Waals surface area contributed by atoms with Gasteiger partial charge in [0.2, 0.25) is 17.6 Å². The molecule has 1 atom stereocenters. The Kier molecular flexibility index (Phi) is 5.85. The van der Waals surface area contributed by atoms with E-state index in [1.807, 2.05) is 36.1 Å². The highest BCUT2D eigenvalue weighted by Crippen LogP contribution is 2.32. The van der Waals surface area contributed by atoms with Crippen LogP contribution >= 0.6 is 11.8 Å². The Balaban J connectivity index is 1.47. The number of thioether (sulfide) groups is 1. The van der Waals surface area contributed by atoms with Gasteiger partial charge in [-0.2, -0.15) is 4.98 Å². The summed E-state index contributed by atoms with van der Waals surface area (Å²) in [6.07, 6.45) is 2.44. The normalized spacial score (nSPS) is 16.4. The molecule has 0 bridgehead atoms. The number of hydrogen-bond acceptors (Lipinski definition) is 6. The van der Waals surface area contributed by atoms with Crippen molar-refractivity contribution in [2.75, 3.05) is 19.4 Å². The molecule has 6 nitrogen and oxygen atoms in total. The maximum absolute atomic E-state index is 12.5. The fourth-order valence-electron chi connectivity index (χ4n) is 3.48. The third kappa shape index (κ3) is 4.29. The second-order valence-corrected chi connectivity index (χ2v) is 7.79. The zero-order chi connectivity index (χ0) is 20.2. The van der Waals surface area contributed by atoms with Crippen LogP contribution in [0.15, 0.2) is 57.9 Å². The molecule has 1 aliphatic rings. The van der Waals surface area contributed by atoms with Crippen LogP contribution in [0.2, 0.25) is 0 Å². The first-order chi connectivity index (χ1) is 14.2. The van der Waals surface area contributed by atoms with Crippen LogP contribution in [0.4, 0.5) is 0 Å². The molecule has 4 rings (SSSR count). The van der Waals surface area contributed by atoms with E-state index in [4.69, 9.17) is 9.26 Å². The van der Waals surface area contributed by atoms with Gasteiger partial charge in [0.05, 0.1) is 18.1 Å². The van der Waals surface area contributed by atoms with Gasteiger partial charge in [-0.05, 0) is 43.0 Å². The van der Waals surface area contributed by atoms with Gasteiger partial charge in [-0.1, -0.05) is 29.4 Å². The molecule has 1 aliphatic heterocycles. The van der Waals surface area contributed by atoms with Crippen LogP contribution in [0, 0.1) is 0 Å². The fraction of sp³-hybridized carbons (Fsp3) is 0.318. The lowest BCUT2D eigenvalue weighted by atomic mass is 10.1. The number of nitrogens with zero attached hydrogens (tertiary/aromatic N) is 3. The number of amides is 1. The summed E-state index contributed by atoms with van der Waals surface area (Å²) in [5.74, 6) is 1.73. The number of ether oxygens (including phenoxy) is 1. The number of carbonyl (C=O) groups excluding carboxylic acids is 1. The Morgan fingerprint density at radius 1 is 1.21 bits per heavy atom. The molecule has 0 saturated carbocycles. The third-order valence-corrected chi connectivity index (χ3v) is 5.71. The highest BCUT2D eigenvalue weighted by atomic mass is 32.2. The smallest absolute Gasteiger partial charge is 0.232 e. The first-order valence-corrected chi connectivity index (χ1v) is 10.9. The summed E-state index contributed by atoms with van der Waals surface area (Å²) in [6.45, 7) is 3.67. The molecule has 0 radical (unpaired) electrons. The maximum Gasteiger partial charge on any atom is 0.232 e. The van der Waals surface area contributed by atoms with E-state index >= 15 is 0 Å². The quantitative estimate of drug-likeness (QED) is 0.540. The van der Waals surface area contributed by atoms with E-state index in [1.54, 1.807) is 11.8 Å². The maximum atomic E-state index is 12.5. The van der Waals surface area contributed by atoms with Crippen LogP contribution in [0.25, 0.3) is 11.4 Å². The van der Waals surface area contributed by atoms with Gasteiger partial charge < -0.3 is 14.2 Å². The fourth-order valence-corrected chi connectivity index (χ4v) is 3.89. The van der Waals surface area contributed by atoms with Crippen LogP contribution in [0.5, 0.6) is 5.75 Å². The average molecular weight is 410 g/mol. The van der Waals surface area contributed by atoms with Gasteiger partial charge in [-0.15, -0.1) is 11.8 Å². The van der Waals surface area contributed by atoms with E-state index < -0.39 is 0 Å². The first kappa shape index (κ1) is 19.5. The van der Waals surface area contributed by atoms with Crippen LogP contribution < -0.4 is 4.74 Å². The van der Waals surface area contributed by atoms with Crippen molar-refractivity contribution in [3.8, 4) is 17.1 Å². The summed E-state index contributed by atoms with van der Waals surface area (Å²) in [4.78, 5) is 20.1. The van der Waals surface area contributed by atoms with Crippen molar-refractivity contribution in [3.63, 3.8) is 0 Å². The van der Waals surface area contributed by atoms with Gasteiger partial charge in [0, 0.05) is 24.4 Å². The number of benzene rings is 2. The Labute approximate surface area is 174 Å². The summed E-state index contributed by atoms with van der Waals surface area (Å²) in [7, 11) is 0. The summed E-state index contributed by atoms with van der Waals surface area (Å²) in [6, 6.07) is 15.9. The molecule has 7 heteroatoms. The monoisotopic (exact) mass is 409 g/mol. The highest BCUT2D eigenvalue weighted by Gasteiger charge is 2.34. The number of hydrogen-bond donors (Lipinski definition) is 0. The van der Waals surface area contributed by atoms with E-state index in [0.29, 0.717) is 37.8 Å². The molecule has 0 spiro atoms. The minimum absolute atomic E-state index is 0.0894. The van der Waals surface area contributed by atoms with Gasteiger partial charge in [0.15, 0.2) is 0 Å². The molecule has 1 fully saturated rings. The minimum atomic E-state index is -0.0894. The zero-order valence-corrected chi connectivity index (χ0v) is 17.3. The van der Waals surface area contributed by atoms with Crippen LogP contribution in [-0.4, -0.2) is 40.4 Å². The predicted octanol–water partition coefficient (Wildman–Crippen LogP) is 4.37. The van der Waals surface area contributed by atoms with Crippen molar-refractivity contribution < 1.29 is 14.1 Å². The molecule has 2 heterocycles. The standard InChI is InChI=1S/C22H23N3O3S/c1-3-27-19-7-5-4-6-18(19)21-23-22(28-24-21)16-12-20(26)25(14-16)13-15-8-10-17(29-2)11-9-15/h4-11,16H,3,12-14H2,1-2H3. The Morgan fingerprint density at radius 3 is 2.76 bits per heavy atom. The van der Waals surface area contributed by atoms with Crippen molar-refractivity contribution in [2.24, 2.45) is 0 Å². The highest BCUT2D eigenvalue weighted by molar-refractivity contribution is 7.98. The molecule has 1 unspecified atom stereocenters. The minimum Gasteiger partial charge on any atom is -0.493 e. The van der Waals surface area contributed by atoms with Crippen molar-refractivity contribution in [1.82, 2.24) is 15.0 Å². The molecule has 0 N–H and O–H groups in total. The topological polar surface area (TPSA) is 68.5 Å². The number of likely N-dealkylation sites (tertiary alicyclic amines) is 1. The van der Waals surface area contributed by atoms with E-state index in [2.05, 4.69) is 40.7 Å². The van der Waals surface area contributed by atoms with Gasteiger partial charge in [-0.25, -0.2) is 0 Å². The predicted molar refractivity (Wildman–Crippen MR) is 112 cm³/mol. The van der Waals surface area contributed by atoms with Gasteiger partial charge in [-0.3, -0.25) is 4.79 Å². The molecule has 1 aromatic heterocycles. The molecule has 3 aromatic rings. The van der Waals surface area contributed by atoms with Crippen molar-refractivity contribution in [1.29, 1.82) is 0 Å². The second kappa shape index (κ2) is 8.69. The van der Waals surface area contributed by atoms with E-state index in [-0.39, 0.29) is 11.8 Å². The van der Waals surface area contributed by atoms with E-state index in [1.165, 1.54) is 4.90 Å². The summed E-state index contributed by atoms with van der Waals surface area (Å²) in [5.41, 5.74) is 1.91. The molecular weight excluding hydrogens is 386 g/mol. The number of aromatic nitrogens is 2. The molecule has 1 saturated heterocycles. The van der Waals surface area contributed by atoms with Crippen LogP contribution in [-0.2, 0) is 11.3 Å². The third-order valence-electron chi connectivity index (χ3n) is 4.97. The number of rotatable bonds is 7. The van der Waals surface area contributed by atoms with Gasteiger partial charge >= 0.3 is 0 Å². The van der Waals surface area contributed by atoms with Crippen molar-refractivity contribution >= 4 is 17.7 Å². The summed E-state index contributed by atoms with van der Waals surface area (Å²) >= 11 is 1.71. The Morgan fingerprint density at radius 2 is 2.00 bits per heavy atom. The number of para-hydroxylation sites is 1.